The minimum absolute atomic E-state index is 0.0984. The fourth-order valence-electron chi connectivity index (χ4n) is 1.95. The van der Waals surface area contributed by atoms with Gasteiger partial charge in [-0.15, -0.1) is 0 Å². The molecule has 0 heterocycles. The molecular formula is C16H18ClN. The number of hydrogen-bond donors (Lipinski definition) is 1. The van der Waals surface area contributed by atoms with E-state index in [0.717, 1.165) is 17.9 Å². The van der Waals surface area contributed by atoms with Crippen LogP contribution in [0.15, 0.2) is 48.5 Å². The molecule has 0 radical (unpaired) electrons. The van der Waals surface area contributed by atoms with Crippen molar-refractivity contribution in [3.63, 3.8) is 0 Å². The maximum atomic E-state index is 6.20. The first kappa shape index (κ1) is 13.1. The van der Waals surface area contributed by atoms with Gasteiger partial charge in [0.2, 0.25) is 0 Å². The van der Waals surface area contributed by atoms with Crippen LogP contribution < -0.4 is 5.73 Å². The first-order valence-corrected chi connectivity index (χ1v) is 6.59. The monoisotopic (exact) mass is 259 g/mol. The third-order valence-corrected chi connectivity index (χ3v) is 3.41. The van der Waals surface area contributed by atoms with Crippen LogP contribution in [0.2, 0.25) is 5.02 Å². The highest BCUT2D eigenvalue weighted by Crippen LogP contribution is 2.18. The van der Waals surface area contributed by atoms with Crippen molar-refractivity contribution in [1.29, 1.82) is 0 Å². The van der Waals surface area contributed by atoms with Crippen molar-refractivity contribution >= 4 is 11.6 Å². The van der Waals surface area contributed by atoms with E-state index in [1.165, 1.54) is 16.7 Å². The molecule has 2 heteroatoms. The molecule has 2 aromatic carbocycles. The summed E-state index contributed by atoms with van der Waals surface area (Å²) in [6, 6.07) is 16.5. The van der Waals surface area contributed by atoms with Crippen LogP contribution in [0, 0.1) is 6.92 Å². The van der Waals surface area contributed by atoms with Gasteiger partial charge in [-0.2, -0.15) is 0 Å². The van der Waals surface area contributed by atoms with Crippen LogP contribution in [0.1, 0.15) is 29.2 Å². The van der Waals surface area contributed by atoms with Gasteiger partial charge in [0.15, 0.2) is 0 Å². The Hall–Kier alpha value is -1.31. The molecular weight excluding hydrogens is 242 g/mol. The standard InChI is InChI=1S/C16H18ClN/c1-12-2-7-14(8-3-12)16(18)11-6-13-4-9-15(17)10-5-13/h2-5,7-10,16H,6,11,18H2,1H3. The zero-order chi connectivity index (χ0) is 13.0. The van der Waals surface area contributed by atoms with Crippen LogP contribution in [-0.2, 0) is 6.42 Å². The first-order valence-electron chi connectivity index (χ1n) is 6.22. The van der Waals surface area contributed by atoms with E-state index < -0.39 is 0 Å². The number of aryl methyl sites for hydroxylation is 2. The third-order valence-electron chi connectivity index (χ3n) is 3.16. The second-order valence-electron chi connectivity index (χ2n) is 4.68. The van der Waals surface area contributed by atoms with Crippen molar-refractivity contribution in [2.75, 3.05) is 0 Å². The molecule has 2 aromatic rings. The Morgan fingerprint density at radius 2 is 1.61 bits per heavy atom. The van der Waals surface area contributed by atoms with Gasteiger partial charge < -0.3 is 5.73 Å². The molecule has 0 fully saturated rings. The van der Waals surface area contributed by atoms with Gasteiger partial charge in [0.1, 0.15) is 0 Å². The molecule has 0 bridgehead atoms. The zero-order valence-corrected chi connectivity index (χ0v) is 11.3. The first-order chi connectivity index (χ1) is 8.65. The van der Waals surface area contributed by atoms with Crippen LogP contribution >= 0.6 is 11.6 Å². The molecule has 1 unspecified atom stereocenters. The molecule has 0 spiro atoms. The molecule has 2 N–H and O–H groups in total. The fourth-order valence-corrected chi connectivity index (χ4v) is 2.08. The Morgan fingerprint density at radius 3 is 2.22 bits per heavy atom. The number of hydrogen-bond acceptors (Lipinski definition) is 1. The summed E-state index contributed by atoms with van der Waals surface area (Å²) >= 11 is 5.86. The van der Waals surface area contributed by atoms with E-state index in [4.69, 9.17) is 17.3 Å². The summed E-state index contributed by atoms with van der Waals surface area (Å²) in [4.78, 5) is 0. The molecule has 0 aromatic heterocycles. The third kappa shape index (κ3) is 3.59. The average molecular weight is 260 g/mol. The lowest BCUT2D eigenvalue weighted by Gasteiger charge is -2.12. The predicted octanol–water partition coefficient (Wildman–Crippen LogP) is 4.28. The molecule has 0 aliphatic heterocycles. The lowest BCUT2D eigenvalue weighted by molar-refractivity contribution is 0.651. The lowest BCUT2D eigenvalue weighted by Crippen LogP contribution is -2.11. The van der Waals surface area contributed by atoms with E-state index in [2.05, 4.69) is 43.3 Å². The fraction of sp³-hybridized carbons (Fsp3) is 0.250. The van der Waals surface area contributed by atoms with Crippen molar-refractivity contribution < 1.29 is 0 Å². The highest BCUT2D eigenvalue weighted by atomic mass is 35.5. The highest BCUT2D eigenvalue weighted by Gasteiger charge is 2.05. The Labute approximate surface area is 114 Å². The van der Waals surface area contributed by atoms with Gasteiger partial charge in [0.25, 0.3) is 0 Å². The highest BCUT2D eigenvalue weighted by molar-refractivity contribution is 6.30. The molecule has 0 aliphatic carbocycles. The van der Waals surface area contributed by atoms with Gasteiger partial charge >= 0.3 is 0 Å². The summed E-state index contributed by atoms with van der Waals surface area (Å²) in [6.07, 6.45) is 1.93. The number of benzene rings is 2. The Kier molecular flexibility index (Phi) is 4.40. The number of halogens is 1. The maximum absolute atomic E-state index is 6.20. The average Bonchev–Trinajstić information content (AvgIpc) is 2.38. The van der Waals surface area contributed by atoms with Crippen molar-refractivity contribution in [3.05, 3.63) is 70.2 Å². The summed E-state index contributed by atoms with van der Waals surface area (Å²) in [5, 5.41) is 0.779. The van der Waals surface area contributed by atoms with Gasteiger partial charge in [-0.05, 0) is 43.0 Å². The summed E-state index contributed by atoms with van der Waals surface area (Å²) < 4.78 is 0. The van der Waals surface area contributed by atoms with Crippen LogP contribution in [0.3, 0.4) is 0 Å². The maximum Gasteiger partial charge on any atom is 0.0406 e. The van der Waals surface area contributed by atoms with Crippen LogP contribution in [-0.4, -0.2) is 0 Å². The molecule has 0 aliphatic rings. The van der Waals surface area contributed by atoms with Crippen molar-refractivity contribution in [1.82, 2.24) is 0 Å². The van der Waals surface area contributed by atoms with Crippen LogP contribution in [0.4, 0.5) is 0 Å². The van der Waals surface area contributed by atoms with Gasteiger partial charge in [-0.25, -0.2) is 0 Å². The van der Waals surface area contributed by atoms with E-state index in [-0.39, 0.29) is 6.04 Å². The molecule has 0 saturated carbocycles. The second kappa shape index (κ2) is 6.03. The van der Waals surface area contributed by atoms with E-state index in [0.29, 0.717) is 0 Å². The van der Waals surface area contributed by atoms with Crippen molar-refractivity contribution in [2.45, 2.75) is 25.8 Å². The van der Waals surface area contributed by atoms with E-state index in [1.807, 2.05) is 12.1 Å². The Bertz CT molecular complexity index is 488. The topological polar surface area (TPSA) is 26.0 Å². The SMILES string of the molecule is Cc1ccc(C(N)CCc2ccc(Cl)cc2)cc1. The second-order valence-corrected chi connectivity index (χ2v) is 5.12. The summed E-state index contributed by atoms with van der Waals surface area (Å²) in [5.74, 6) is 0. The van der Waals surface area contributed by atoms with Gasteiger partial charge in [0, 0.05) is 11.1 Å². The van der Waals surface area contributed by atoms with E-state index in [9.17, 15) is 0 Å². The van der Waals surface area contributed by atoms with E-state index >= 15 is 0 Å². The van der Waals surface area contributed by atoms with Crippen LogP contribution in [0.5, 0.6) is 0 Å². The number of rotatable bonds is 4. The molecule has 0 amide bonds. The van der Waals surface area contributed by atoms with Crippen molar-refractivity contribution in [2.24, 2.45) is 5.73 Å². The molecule has 0 saturated heterocycles. The lowest BCUT2D eigenvalue weighted by atomic mass is 9.99. The zero-order valence-electron chi connectivity index (χ0n) is 10.6. The predicted molar refractivity (Wildman–Crippen MR) is 77.9 cm³/mol. The van der Waals surface area contributed by atoms with Gasteiger partial charge in [-0.1, -0.05) is 53.6 Å². The molecule has 94 valence electrons. The summed E-state index contributed by atoms with van der Waals surface area (Å²) in [6.45, 7) is 2.09. The van der Waals surface area contributed by atoms with Crippen molar-refractivity contribution in [3.8, 4) is 0 Å². The largest absolute Gasteiger partial charge is 0.324 e. The summed E-state index contributed by atoms with van der Waals surface area (Å²) in [7, 11) is 0. The number of nitrogens with two attached hydrogens (primary N) is 1. The molecule has 1 nitrogen and oxygen atoms in total. The van der Waals surface area contributed by atoms with Gasteiger partial charge in [0.05, 0.1) is 0 Å². The minimum atomic E-state index is 0.0984. The van der Waals surface area contributed by atoms with Gasteiger partial charge in [-0.3, -0.25) is 0 Å². The van der Waals surface area contributed by atoms with Crippen LogP contribution in [0.25, 0.3) is 0 Å². The summed E-state index contributed by atoms with van der Waals surface area (Å²) in [5.41, 5.74) is 9.95. The Balaban J connectivity index is 1.93. The Morgan fingerprint density at radius 1 is 1.00 bits per heavy atom. The molecule has 18 heavy (non-hydrogen) atoms. The quantitative estimate of drug-likeness (QED) is 0.871. The van der Waals surface area contributed by atoms with E-state index in [1.54, 1.807) is 0 Å². The minimum Gasteiger partial charge on any atom is -0.324 e. The molecule has 2 rings (SSSR count). The molecule has 1 atom stereocenters. The normalized spacial score (nSPS) is 12.4. The smallest absolute Gasteiger partial charge is 0.0406 e.